The van der Waals surface area contributed by atoms with Crippen LogP contribution in [-0.2, 0) is 4.74 Å². The van der Waals surface area contributed by atoms with Crippen LogP contribution in [-0.4, -0.2) is 53.8 Å². The van der Waals surface area contributed by atoms with Crippen molar-refractivity contribution in [2.45, 2.75) is 38.6 Å². The maximum atomic E-state index is 5.91. The molecule has 1 unspecified atom stereocenters. The SMILES string of the molecule is CCC1COCCN1c1nc(N)nc(N2CCCCC2)n1. The second kappa shape index (κ2) is 6.43. The van der Waals surface area contributed by atoms with Crippen LogP contribution < -0.4 is 15.5 Å². The fraction of sp³-hybridized carbons (Fsp3) is 0.786. The van der Waals surface area contributed by atoms with E-state index < -0.39 is 0 Å². The Morgan fingerprint density at radius 3 is 2.62 bits per heavy atom. The summed E-state index contributed by atoms with van der Waals surface area (Å²) in [5.74, 6) is 1.72. The molecule has 116 valence electrons. The van der Waals surface area contributed by atoms with Crippen LogP contribution in [0.15, 0.2) is 0 Å². The molecule has 0 spiro atoms. The van der Waals surface area contributed by atoms with E-state index in [1.165, 1.54) is 19.3 Å². The van der Waals surface area contributed by atoms with Gasteiger partial charge in [-0.25, -0.2) is 0 Å². The zero-order valence-electron chi connectivity index (χ0n) is 12.7. The monoisotopic (exact) mass is 292 g/mol. The fourth-order valence-corrected chi connectivity index (χ4v) is 2.99. The van der Waals surface area contributed by atoms with Crippen molar-refractivity contribution < 1.29 is 4.74 Å². The lowest BCUT2D eigenvalue weighted by Crippen LogP contribution is -2.46. The number of aromatic nitrogens is 3. The van der Waals surface area contributed by atoms with Gasteiger partial charge in [0.25, 0.3) is 0 Å². The Morgan fingerprint density at radius 1 is 1.10 bits per heavy atom. The van der Waals surface area contributed by atoms with E-state index in [4.69, 9.17) is 10.5 Å². The molecule has 2 aliphatic heterocycles. The molecule has 3 heterocycles. The lowest BCUT2D eigenvalue weighted by Gasteiger charge is -2.35. The molecule has 0 aromatic carbocycles. The van der Waals surface area contributed by atoms with E-state index in [1.807, 2.05) is 0 Å². The largest absolute Gasteiger partial charge is 0.377 e. The molecule has 1 aromatic heterocycles. The van der Waals surface area contributed by atoms with E-state index in [9.17, 15) is 0 Å². The van der Waals surface area contributed by atoms with E-state index >= 15 is 0 Å². The van der Waals surface area contributed by atoms with Gasteiger partial charge in [0.1, 0.15) is 0 Å². The zero-order valence-corrected chi connectivity index (χ0v) is 12.7. The van der Waals surface area contributed by atoms with Gasteiger partial charge < -0.3 is 20.3 Å². The third-order valence-electron chi connectivity index (χ3n) is 4.22. The highest BCUT2D eigenvalue weighted by molar-refractivity contribution is 5.44. The topological polar surface area (TPSA) is 80.4 Å². The summed E-state index contributed by atoms with van der Waals surface area (Å²) >= 11 is 0. The Labute approximate surface area is 125 Å². The van der Waals surface area contributed by atoms with Crippen molar-refractivity contribution >= 4 is 17.8 Å². The van der Waals surface area contributed by atoms with Crippen molar-refractivity contribution in [3.63, 3.8) is 0 Å². The Hall–Kier alpha value is -1.63. The highest BCUT2D eigenvalue weighted by Gasteiger charge is 2.25. The number of rotatable bonds is 3. The van der Waals surface area contributed by atoms with Crippen molar-refractivity contribution in [2.24, 2.45) is 0 Å². The smallest absolute Gasteiger partial charge is 0.232 e. The van der Waals surface area contributed by atoms with Gasteiger partial charge in [0.2, 0.25) is 17.8 Å². The first kappa shape index (κ1) is 14.3. The minimum Gasteiger partial charge on any atom is -0.377 e. The molecular formula is C14H24N6O. The quantitative estimate of drug-likeness (QED) is 0.892. The van der Waals surface area contributed by atoms with Crippen LogP contribution >= 0.6 is 0 Å². The number of piperidine rings is 1. The van der Waals surface area contributed by atoms with Crippen LogP contribution in [0.3, 0.4) is 0 Å². The highest BCUT2D eigenvalue weighted by atomic mass is 16.5. The zero-order chi connectivity index (χ0) is 14.7. The lowest BCUT2D eigenvalue weighted by molar-refractivity contribution is 0.0921. The van der Waals surface area contributed by atoms with E-state index in [1.54, 1.807) is 0 Å². The summed E-state index contributed by atoms with van der Waals surface area (Å²) in [5, 5.41) is 0. The first-order chi connectivity index (χ1) is 10.3. The molecule has 0 saturated carbocycles. The third kappa shape index (κ3) is 3.18. The molecule has 2 aliphatic rings. The summed E-state index contributed by atoms with van der Waals surface area (Å²) in [6.07, 6.45) is 4.67. The van der Waals surface area contributed by atoms with Crippen LogP contribution in [0.2, 0.25) is 0 Å². The van der Waals surface area contributed by atoms with E-state index in [2.05, 4.69) is 31.7 Å². The van der Waals surface area contributed by atoms with Crippen LogP contribution in [0.25, 0.3) is 0 Å². The molecule has 2 N–H and O–H groups in total. The van der Waals surface area contributed by atoms with E-state index in [0.717, 1.165) is 38.6 Å². The van der Waals surface area contributed by atoms with Crippen LogP contribution in [0.1, 0.15) is 32.6 Å². The average molecular weight is 292 g/mol. The Bertz CT molecular complexity index is 477. The highest BCUT2D eigenvalue weighted by Crippen LogP contribution is 2.22. The number of anilines is 3. The second-order valence-electron chi connectivity index (χ2n) is 5.67. The van der Waals surface area contributed by atoms with Gasteiger partial charge in [0, 0.05) is 19.6 Å². The minimum absolute atomic E-state index is 0.307. The first-order valence-electron chi connectivity index (χ1n) is 7.89. The standard InChI is InChI=1S/C14H24N6O/c1-2-11-10-21-9-8-20(11)14-17-12(15)16-13(18-14)19-6-4-3-5-7-19/h11H,2-10H2,1H3,(H2,15,16,17,18). The fourth-order valence-electron chi connectivity index (χ4n) is 2.99. The van der Waals surface area contributed by atoms with Gasteiger partial charge in [0.05, 0.1) is 19.3 Å². The molecule has 1 atom stereocenters. The third-order valence-corrected chi connectivity index (χ3v) is 4.22. The maximum Gasteiger partial charge on any atom is 0.232 e. The van der Waals surface area contributed by atoms with Crippen LogP contribution in [0, 0.1) is 0 Å². The molecule has 7 heteroatoms. The molecule has 3 rings (SSSR count). The van der Waals surface area contributed by atoms with Gasteiger partial charge in [-0.15, -0.1) is 0 Å². The van der Waals surface area contributed by atoms with Crippen molar-refractivity contribution in [3.05, 3.63) is 0 Å². The number of ether oxygens (including phenoxy) is 1. The normalized spacial score (nSPS) is 23.4. The van der Waals surface area contributed by atoms with Crippen molar-refractivity contribution in [3.8, 4) is 0 Å². The van der Waals surface area contributed by atoms with Gasteiger partial charge >= 0.3 is 0 Å². The molecule has 0 radical (unpaired) electrons. The lowest BCUT2D eigenvalue weighted by atomic mass is 10.1. The summed E-state index contributed by atoms with van der Waals surface area (Å²) in [5.41, 5.74) is 5.91. The maximum absolute atomic E-state index is 5.91. The predicted octanol–water partition coefficient (Wildman–Crippen LogP) is 1.06. The molecular weight excluding hydrogens is 268 g/mol. The average Bonchev–Trinajstić information content (AvgIpc) is 2.55. The van der Waals surface area contributed by atoms with E-state index in [-0.39, 0.29) is 0 Å². The summed E-state index contributed by atoms with van der Waals surface area (Å²) in [7, 11) is 0. The number of morpholine rings is 1. The minimum atomic E-state index is 0.307. The molecule has 2 fully saturated rings. The Kier molecular flexibility index (Phi) is 4.38. The van der Waals surface area contributed by atoms with Crippen LogP contribution in [0.4, 0.5) is 17.8 Å². The van der Waals surface area contributed by atoms with Crippen LogP contribution in [0.5, 0.6) is 0 Å². The number of hydrogen-bond acceptors (Lipinski definition) is 7. The molecule has 0 aliphatic carbocycles. The number of hydrogen-bond donors (Lipinski definition) is 1. The Morgan fingerprint density at radius 2 is 1.86 bits per heavy atom. The van der Waals surface area contributed by atoms with Gasteiger partial charge in [-0.05, 0) is 25.7 Å². The summed E-state index contributed by atoms with van der Waals surface area (Å²) in [6.45, 7) is 6.40. The Balaban J connectivity index is 1.85. The number of nitrogen functional groups attached to an aromatic ring is 1. The van der Waals surface area contributed by atoms with Gasteiger partial charge in [-0.1, -0.05) is 6.92 Å². The van der Waals surface area contributed by atoms with Crippen molar-refractivity contribution in [2.75, 3.05) is 48.4 Å². The number of nitrogens with zero attached hydrogens (tertiary/aromatic N) is 5. The van der Waals surface area contributed by atoms with Gasteiger partial charge in [-0.2, -0.15) is 15.0 Å². The molecule has 0 bridgehead atoms. The van der Waals surface area contributed by atoms with Crippen molar-refractivity contribution in [1.29, 1.82) is 0 Å². The predicted molar refractivity (Wildman–Crippen MR) is 82.5 cm³/mol. The summed E-state index contributed by atoms with van der Waals surface area (Å²) < 4.78 is 5.55. The number of nitrogens with two attached hydrogens (primary N) is 1. The second-order valence-corrected chi connectivity index (χ2v) is 5.67. The molecule has 2 saturated heterocycles. The van der Waals surface area contributed by atoms with Gasteiger partial charge in [-0.3, -0.25) is 0 Å². The summed E-state index contributed by atoms with van der Waals surface area (Å²) in [6, 6.07) is 0.315. The molecule has 1 aromatic rings. The van der Waals surface area contributed by atoms with Gasteiger partial charge in [0.15, 0.2) is 0 Å². The van der Waals surface area contributed by atoms with E-state index in [0.29, 0.717) is 24.5 Å². The summed E-state index contributed by atoms with van der Waals surface area (Å²) in [4.78, 5) is 17.8. The first-order valence-corrected chi connectivity index (χ1v) is 7.89. The molecule has 0 amide bonds. The van der Waals surface area contributed by atoms with Crippen molar-refractivity contribution in [1.82, 2.24) is 15.0 Å². The molecule has 21 heavy (non-hydrogen) atoms. The molecule has 7 nitrogen and oxygen atoms in total.